The highest BCUT2D eigenvalue weighted by Gasteiger charge is 2.00. The highest BCUT2D eigenvalue weighted by molar-refractivity contribution is 9.10. The normalized spacial score (nSPS) is 9.50. The Morgan fingerprint density at radius 2 is 2.17 bits per heavy atom. The lowest BCUT2D eigenvalue weighted by Gasteiger charge is -2.00. The van der Waals surface area contributed by atoms with Crippen LogP contribution in [0.25, 0.3) is 0 Å². The van der Waals surface area contributed by atoms with E-state index >= 15 is 0 Å². The number of rotatable bonds is 1. The Hall–Kier alpha value is -1.10. The average Bonchev–Trinajstić information content (AvgIpc) is 1.81. The molecule has 0 fully saturated rings. The van der Waals surface area contributed by atoms with Crippen LogP contribution in [-0.4, -0.2) is 11.2 Å². The molecular formula is C7H5BrFNO2. The second kappa shape index (κ2) is 3.53. The maximum atomic E-state index is 12.6. The van der Waals surface area contributed by atoms with Crippen LogP contribution in [0.3, 0.4) is 0 Å². The fourth-order valence-corrected chi connectivity index (χ4v) is 1.21. The van der Waals surface area contributed by atoms with E-state index in [4.69, 9.17) is 5.11 Å². The summed E-state index contributed by atoms with van der Waals surface area (Å²) in [4.78, 5) is 10.1. The number of nitrogens with one attached hydrogen (secondary N) is 1. The standard InChI is InChI=1S/C7H5BrFNO2/c8-4-1-5(9)3-6(2-4)10-7(11)12/h1-3,10H,(H,11,12). The molecule has 5 heteroatoms. The molecule has 0 saturated carbocycles. The second-order valence-electron chi connectivity index (χ2n) is 2.09. The lowest BCUT2D eigenvalue weighted by atomic mass is 10.3. The molecule has 2 N–H and O–H groups in total. The van der Waals surface area contributed by atoms with Crippen molar-refractivity contribution in [3.05, 3.63) is 28.5 Å². The summed E-state index contributed by atoms with van der Waals surface area (Å²) in [5.41, 5.74) is 0.203. The molecule has 0 heterocycles. The topological polar surface area (TPSA) is 49.3 Å². The summed E-state index contributed by atoms with van der Waals surface area (Å²) < 4.78 is 13.1. The highest BCUT2D eigenvalue weighted by Crippen LogP contribution is 2.18. The van der Waals surface area contributed by atoms with Gasteiger partial charge in [0.15, 0.2) is 0 Å². The molecule has 0 bridgehead atoms. The second-order valence-corrected chi connectivity index (χ2v) is 3.00. The minimum Gasteiger partial charge on any atom is -0.465 e. The number of hydrogen-bond donors (Lipinski definition) is 2. The number of carboxylic acid groups (broad SMARTS) is 1. The summed E-state index contributed by atoms with van der Waals surface area (Å²) in [7, 11) is 0. The van der Waals surface area contributed by atoms with Crippen LogP contribution >= 0.6 is 15.9 Å². The van der Waals surface area contributed by atoms with Crippen molar-refractivity contribution >= 4 is 27.7 Å². The minimum absolute atomic E-state index is 0.203. The molecule has 0 radical (unpaired) electrons. The molecular weight excluding hydrogens is 229 g/mol. The van der Waals surface area contributed by atoms with Crippen LogP contribution in [0.2, 0.25) is 0 Å². The zero-order chi connectivity index (χ0) is 9.14. The zero-order valence-corrected chi connectivity index (χ0v) is 7.43. The molecule has 3 nitrogen and oxygen atoms in total. The van der Waals surface area contributed by atoms with Gasteiger partial charge in [-0.05, 0) is 18.2 Å². The zero-order valence-electron chi connectivity index (χ0n) is 5.84. The van der Waals surface area contributed by atoms with Gasteiger partial charge < -0.3 is 5.11 Å². The highest BCUT2D eigenvalue weighted by atomic mass is 79.9. The minimum atomic E-state index is -1.22. The van der Waals surface area contributed by atoms with Gasteiger partial charge in [-0.2, -0.15) is 0 Å². The van der Waals surface area contributed by atoms with Gasteiger partial charge in [-0.25, -0.2) is 9.18 Å². The summed E-state index contributed by atoms with van der Waals surface area (Å²) in [6.07, 6.45) is -1.22. The van der Waals surface area contributed by atoms with Crippen molar-refractivity contribution in [2.24, 2.45) is 0 Å². The average molecular weight is 234 g/mol. The van der Waals surface area contributed by atoms with E-state index < -0.39 is 11.9 Å². The van der Waals surface area contributed by atoms with E-state index in [1.165, 1.54) is 12.1 Å². The van der Waals surface area contributed by atoms with Gasteiger partial charge in [-0.3, -0.25) is 5.32 Å². The van der Waals surface area contributed by atoms with Crippen LogP contribution in [0.5, 0.6) is 0 Å². The van der Waals surface area contributed by atoms with E-state index in [0.29, 0.717) is 4.47 Å². The fraction of sp³-hybridized carbons (Fsp3) is 0. The van der Waals surface area contributed by atoms with E-state index in [0.717, 1.165) is 6.07 Å². The molecule has 0 unspecified atom stereocenters. The van der Waals surface area contributed by atoms with Crippen LogP contribution in [0.15, 0.2) is 22.7 Å². The first-order valence-electron chi connectivity index (χ1n) is 3.04. The molecule has 1 aromatic carbocycles. The summed E-state index contributed by atoms with van der Waals surface area (Å²) in [6, 6.07) is 3.81. The quantitative estimate of drug-likeness (QED) is 0.784. The SMILES string of the molecule is O=C(O)Nc1cc(F)cc(Br)c1. The first kappa shape index (κ1) is 8.99. The predicted octanol–water partition coefficient (Wildman–Crippen LogP) is 2.68. The van der Waals surface area contributed by atoms with Gasteiger partial charge in [-0.15, -0.1) is 0 Å². The Kier molecular flexibility index (Phi) is 2.65. The Labute approximate surface area is 76.3 Å². The maximum Gasteiger partial charge on any atom is 0.409 e. The molecule has 1 rings (SSSR count). The van der Waals surface area contributed by atoms with Gasteiger partial charge in [-0.1, -0.05) is 15.9 Å². The van der Waals surface area contributed by atoms with Crippen molar-refractivity contribution in [1.82, 2.24) is 0 Å². The largest absolute Gasteiger partial charge is 0.465 e. The monoisotopic (exact) mass is 233 g/mol. The molecule has 0 atom stereocenters. The third kappa shape index (κ3) is 2.50. The molecule has 0 spiro atoms. The van der Waals surface area contributed by atoms with Crippen LogP contribution in [0.1, 0.15) is 0 Å². The van der Waals surface area contributed by atoms with E-state index in [1.54, 1.807) is 0 Å². The molecule has 1 amide bonds. The van der Waals surface area contributed by atoms with E-state index in [-0.39, 0.29) is 5.69 Å². The van der Waals surface area contributed by atoms with Crippen molar-refractivity contribution in [2.45, 2.75) is 0 Å². The Balaban J connectivity index is 2.93. The molecule has 12 heavy (non-hydrogen) atoms. The van der Waals surface area contributed by atoms with Gasteiger partial charge in [0.05, 0.1) is 0 Å². The molecule has 0 aliphatic carbocycles. The summed E-state index contributed by atoms with van der Waals surface area (Å²) >= 11 is 3.03. The molecule has 64 valence electrons. The number of carbonyl (C=O) groups is 1. The van der Waals surface area contributed by atoms with Crippen molar-refractivity contribution in [3.8, 4) is 0 Å². The van der Waals surface area contributed by atoms with Crippen molar-refractivity contribution in [2.75, 3.05) is 5.32 Å². The number of benzene rings is 1. The predicted molar refractivity (Wildman–Crippen MR) is 45.7 cm³/mol. The van der Waals surface area contributed by atoms with Gasteiger partial charge in [0.25, 0.3) is 0 Å². The van der Waals surface area contributed by atoms with E-state index in [9.17, 15) is 9.18 Å². The smallest absolute Gasteiger partial charge is 0.409 e. The molecule has 0 saturated heterocycles. The number of amides is 1. The van der Waals surface area contributed by atoms with Crippen LogP contribution < -0.4 is 5.32 Å². The van der Waals surface area contributed by atoms with E-state index in [1.807, 2.05) is 5.32 Å². The number of anilines is 1. The van der Waals surface area contributed by atoms with Crippen molar-refractivity contribution in [3.63, 3.8) is 0 Å². The van der Waals surface area contributed by atoms with Gasteiger partial charge in [0, 0.05) is 10.2 Å². The Morgan fingerprint density at radius 1 is 1.50 bits per heavy atom. The first-order chi connectivity index (χ1) is 5.58. The number of halogens is 2. The Morgan fingerprint density at radius 3 is 2.67 bits per heavy atom. The summed E-state index contributed by atoms with van der Waals surface area (Å²) in [6.45, 7) is 0. The van der Waals surface area contributed by atoms with Crippen LogP contribution in [-0.2, 0) is 0 Å². The lowest BCUT2D eigenvalue weighted by molar-refractivity contribution is 0.210. The van der Waals surface area contributed by atoms with Crippen LogP contribution in [0.4, 0.5) is 14.9 Å². The Bertz CT molecular complexity index is 296. The third-order valence-corrected chi connectivity index (χ3v) is 1.57. The van der Waals surface area contributed by atoms with Gasteiger partial charge in [0.1, 0.15) is 5.82 Å². The first-order valence-corrected chi connectivity index (χ1v) is 3.83. The molecule has 0 aliphatic heterocycles. The maximum absolute atomic E-state index is 12.6. The van der Waals surface area contributed by atoms with Crippen LogP contribution in [0, 0.1) is 5.82 Å². The third-order valence-electron chi connectivity index (χ3n) is 1.11. The van der Waals surface area contributed by atoms with Crippen molar-refractivity contribution in [1.29, 1.82) is 0 Å². The summed E-state index contributed by atoms with van der Waals surface area (Å²) in [5, 5.41) is 10.3. The molecule has 0 aliphatic rings. The van der Waals surface area contributed by atoms with Gasteiger partial charge in [0.2, 0.25) is 0 Å². The fourth-order valence-electron chi connectivity index (χ4n) is 0.749. The van der Waals surface area contributed by atoms with Gasteiger partial charge >= 0.3 is 6.09 Å². The molecule has 0 aromatic heterocycles. The molecule has 1 aromatic rings. The number of hydrogen-bond acceptors (Lipinski definition) is 1. The summed E-state index contributed by atoms with van der Waals surface area (Å²) in [5.74, 6) is -0.492. The van der Waals surface area contributed by atoms with Crippen molar-refractivity contribution < 1.29 is 14.3 Å². The lowest BCUT2D eigenvalue weighted by Crippen LogP contribution is -2.07. The van der Waals surface area contributed by atoms with E-state index in [2.05, 4.69) is 15.9 Å².